The molecule has 0 radical (unpaired) electrons. The summed E-state index contributed by atoms with van der Waals surface area (Å²) in [6, 6.07) is 0. The Morgan fingerprint density at radius 1 is 0.800 bits per heavy atom. The van der Waals surface area contributed by atoms with E-state index in [2.05, 4.69) is 25.3 Å². The highest BCUT2D eigenvalue weighted by Gasteiger charge is 2.15. The van der Waals surface area contributed by atoms with Crippen molar-refractivity contribution in [2.75, 3.05) is 13.2 Å². The Morgan fingerprint density at radius 3 is 1.00 bits per heavy atom. The lowest BCUT2D eigenvalue weighted by Crippen LogP contribution is -2.15. The van der Waals surface area contributed by atoms with E-state index >= 15 is 0 Å². The van der Waals surface area contributed by atoms with Gasteiger partial charge < -0.3 is 20.4 Å². The number of hydrogen-bond acceptors (Lipinski definition) is 6. The maximum atomic E-state index is 9.97. The fourth-order valence-electron chi connectivity index (χ4n) is 0.740. The van der Waals surface area contributed by atoms with Gasteiger partial charge in [0.1, 0.15) is 0 Å². The quantitative estimate of drug-likeness (QED) is 0.424. The van der Waals surface area contributed by atoms with Crippen molar-refractivity contribution in [2.24, 2.45) is 0 Å². The summed E-state index contributed by atoms with van der Waals surface area (Å²) in [5.74, 6) is -1.60. The van der Waals surface area contributed by atoms with Crippen molar-refractivity contribution in [3.63, 3.8) is 0 Å². The Morgan fingerprint density at radius 2 is 1.00 bits per heavy atom. The Bertz CT molecular complexity index is 240. The summed E-state index contributed by atoms with van der Waals surface area (Å²) in [7, 11) is 0. The molecule has 0 saturated heterocycles. The van der Waals surface area contributed by atoms with Crippen LogP contribution in [-0.4, -0.2) is 55.1 Å². The second kappa shape index (κ2) is 12.3. The molecule has 0 aromatic rings. The molecular formula is C12H26O6S2. The van der Waals surface area contributed by atoms with Gasteiger partial charge in [0.15, 0.2) is 0 Å². The van der Waals surface area contributed by atoms with E-state index in [1.54, 1.807) is 27.7 Å². The van der Waals surface area contributed by atoms with Gasteiger partial charge in [0.2, 0.25) is 0 Å². The fourth-order valence-corrected chi connectivity index (χ4v) is 1.01. The minimum Gasteiger partial charge on any atom is -0.481 e. The Labute approximate surface area is 131 Å². The Kier molecular flexibility index (Phi) is 15.1. The van der Waals surface area contributed by atoms with E-state index in [1.807, 2.05) is 0 Å². The van der Waals surface area contributed by atoms with Gasteiger partial charge in [-0.15, -0.1) is 0 Å². The summed E-state index contributed by atoms with van der Waals surface area (Å²) in [5.41, 5.74) is 0. The molecule has 0 bridgehead atoms. The summed E-state index contributed by atoms with van der Waals surface area (Å²) in [6.07, 6.45) is 0.215. The first-order valence-corrected chi connectivity index (χ1v) is 6.74. The number of carboxylic acids is 2. The molecule has 0 atom stereocenters. The summed E-state index contributed by atoms with van der Waals surface area (Å²) in [5, 5.41) is 31.7. The largest absolute Gasteiger partial charge is 0.481 e. The van der Waals surface area contributed by atoms with Crippen molar-refractivity contribution in [1.82, 2.24) is 0 Å². The average Bonchev–Trinajstić information content (AvgIpc) is 2.10. The fraction of sp³-hybridized carbons (Fsp3) is 0.833. The monoisotopic (exact) mass is 330 g/mol. The second-order valence-electron chi connectivity index (χ2n) is 5.21. The molecule has 0 amide bonds. The first-order chi connectivity index (χ1) is 8.75. The number of hydrogen-bond donors (Lipinski definition) is 6. The second-order valence-corrected chi connectivity index (χ2v) is 7.63. The highest BCUT2D eigenvalue weighted by atomic mass is 32.1. The molecule has 0 aliphatic rings. The van der Waals surface area contributed by atoms with Gasteiger partial charge in [0.05, 0.1) is 26.1 Å². The van der Waals surface area contributed by atoms with Crippen molar-refractivity contribution >= 4 is 37.2 Å². The topological polar surface area (TPSA) is 115 Å². The van der Waals surface area contributed by atoms with Crippen LogP contribution in [0, 0.1) is 0 Å². The minimum atomic E-state index is -0.801. The third-order valence-electron chi connectivity index (χ3n) is 1.27. The maximum absolute atomic E-state index is 9.97. The van der Waals surface area contributed by atoms with E-state index in [9.17, 15) is 9.59 Å². The molecule has 8 heteroatoms. The molecule has 0 fully saturated rings. The zero-order chi connectivity index (χ0) is 17.0. The van der Waals surface area contributed by atoms with E-state index in [-0.39, 0.29) is 35.5 Å². The van der Waals surface area contributed by atoms with Crippen LogP contribution in [0.25, 0.3) is 0 Å². The molecule has 0 rings (SSSR count). The predicted octanol–water partition coefficient (Wildman–Crippen LogP) is 1.31. The first-order valence-electron chi connectivity index (χ1n) is 5.85. The number of rotatable bonds is 5. The molecule has 4 N–H and O–H groups in total. The van der Waals surface area contributed by atoms with Crippen LogP contribution in [0.2, 0.25) is 0 Å². The van der Waals surface area contributed by atoms with Crippen molar-refractivity contribution in [3.05, 3.63) is 0 Å². The van der Waals surface area contributed by atoms with Gasteiger partial charge in [0, 0.05) is 9.49 Å². The van der Waals surface area contributed by atoms with E-state index in [4.69, 9.17) is 20.4 Å². The molecule has 6 nitrogen and oxygen atoms in total. The molecule has 0 unspecified atom stereocenters. The van der Waals surface area contributed by atoms with Gasteiger partial charge in [0.25, 0.3) is 0 Å². The molecule has 0 aliphatic carbocycles. The number of aliphatic carboxylic acids is 2. The maximum Gasteiger partial charge on any atom is 0.304 e. The summed E-state index contributed by atoms with van der Waals surface area (Å²) in [4.78, 5) is 19.9. The third kappa shape index (κ3) is 43.2. The average molecular weight is 330 g/mol. The highest BCUT2D eigenvalue weighted by molar-refractivity contribution is 7.82. The normalized spacial score (nSPS) is 10.6. The summed E-state index contributed by atoms with van der Waals surface area (Å²) >= 11 is 8.03. The lowest BCUT2D eigenvalue weighted by atomic mass is 10.1. The number of thiol groups is 2. The lowest BCUT2D eigenvalue weighted by Gasteiger charge is -2.12. The van der Waals surface area contributed by atoms with Crippen LogP contribution < -0.4 is 0 Å². The molecule has 0 heterocycles. The molecule has 0 aromatic heterocycles. The van der Waals surface area contributed by atoms with E-state index in [1.165, 1.54) is 0 Å². The van der Waals surface area contributed by atoms with Crippen LogP contribution in [0.5, 0.6) is 0 Å². The van der Waals surface area contributed by atoms with E-state index in [0.717, 1.165) is 0 Å². The van der Waals surface area contributed by atoms with Crippen LogP contribution in [0.1, 0.15) is 40.5 Å². The molecule has 0 saturated carbocycles. The van der Waals surface area contributed by atoms with Crippen molar-refractivity contribution < 1.29 is 30.0 Å². The van der Waals surface area contributed by atoms with Gasteiger partial charge in [-0.25, -0.2) is 0 Å². The molecule has 0 aromatic carbocycles. The zero-order valence-electron chi connectivity index (χ0n) is 12.3. The van der Waals surface area contributed by atoms with Gasteiger partial charge in [-0.3, -0.25) is 9.59 Å². The minimum absolute atomic E-state index is 0.107. The van der Waals surface area contributed by atoms with Gasteiger partial charge in [-0.1, -0.05) is 27.7 Å². The van der Waals surface area contributed by atoms with Crippen molar-refractivity contribution in [2.45, 2.75) is 50.0 Å². The third-order valence-corrected chi connectivity index (χ3v) is 1.58. The van der Waals surface area contributed by atoms with Crippen LogP contribution in [0.4, 0.5) is 0 Å². The number of aliphatic hydroxyl groups excluding tert-OH is 2. The molecule has 20 heavy (non-hydrogen) atoms. The van der Waals surface area contributed by atoms with Gasteiger partial charge in [-0.05, 0) is 0 Å². The first kappa shape index (κ1) is 24.6. The summed E-state index contributed by atoms with van der Waals surface area (Å²) < 4.78 is -0.766. The van der Waals surface area contributed by atoms with Crippen LogP contribution in [0.3, 0.4) is 0 Å². The van der Waals surface area contributed by atoms with Crippen LogP contribution >= 0.6 is 25.3 Å². The predicted molar refractivity (Wildman–Crippen MR) is 84.8 cm³/mol. The SMILES string of the molecule is CC(C)(S)CC(=O)O.CC(C)(S)CC(=O)O.OCCO. The molecule has 0 spiro atoms. The standard InChI is InChI=1S/2C5H10O2S.C2H6O2/c2*1-5(2,8)3-4(6)7;3-1-2-4/h2*8H,3H2,1-2H3,(H,6,7);3-4H,1-2H2. The van der Waals surface area contributed by atoms with Crippen molar-refractivity contribution in [1.29, 1.82) is 0 Å². The van der Waals surface area contributed by atoms with Gasteiger partial charge in [-0.2, -0.15) is 25.3 Å². The molecule has 0 aliphatic heterocycles. The summed E-state index contributed by atoms with van der Waals surface area (Å²) in [6.45, 7) is 6.82. The van der Waals surface area contributed by atoms with Crippen LogP contribution in [0.15, 0.2) is 0 Å². The zero-order valence-corrected chi connectivity index (χ0v) is 14.1. The van der Waals surface area contributed by atoms with E-state index < -0.39 is 11.9 Å². The number of carbonyl (C=O) groups is 2. The lowest BCUT2D eigenvalue weighted by molar-refractivity contribution is -0.138. The number of carboxylic acid groups (broad SMARTS) is 2. The Balaban J connectivity index is -0.000000230. The van der Waals surface area contributed by atoms with Crippen molar-refractivity contribution in [3.8, 4) is 0 Å². The molecular weight excluding hydrogens is 304 g/mol. The van der Waals surface area contributed by atoms with Gasteiger partial charge >= 0.3 is 11.9 Å². The highest BCUT2D eigenvalue weighted by Crippen LogP contribution is 2.16. The smallest absolute Gasteiger partial charge is 0.304 e. The Hall–Kier alpha value is -0.440. The van der Waals surface area contributed by atoms with Crippen LogP contribution in [-0.2, 0) is 9.59 Å². The molecule has 122 valence electrons. The van der Waals surface area contributed by atoms with E-state index in [0.29, 0.717) is 0 Å². The number of aliphatic hydroxyl groups is 2.